The average Bonchev–Trinajstić information content (AvgIpc) is 2.90. The lowest BCUT2D eigenvalue weighted by Gasteiger charge is -2.32. The van der Waals surface area contributed by atoms with E-state index in [0.717, 1.165) is 17.4 Å². The smallest absolute Gasteiger partial charge is 0.326 e. The first-order valence-corrected chi connectivity index (χ1v) is 10.5. The fourth-order valence-electron chi connectivity index (χ4n) is 3.41. The van der Waals surface area contributed by atoms with Crippen molar-refractivity contribution < 1.29 is 27.3 Å². The highest BCUT2D eigenvalue weighted by Crippen LogP contribution is 2.16. The maximum Gasteiger partial charge on any atom is 0.329 e. The van der Waals surface area contributed by atoms with Crippen molar-refractivity contribution in [3.8, 4) is 0 Å². The van der Waals surface area contributed by atoms with Gasteiger partial charge in [-0.1, -0.05) is 19.4 Å². The fraction of sp³-hybridized carbons (Fsp3) is 0.529. The molecule has 1 aromatic carbocycles. The summed E-state index contributed by atoms with van der Waals surface area (Å²) in [4.78, 5) is 26.4. The number of nitrogens with zero attached hydrogens (tertiary/aromatic N) is 2. The van der Waals surface area contributed by atoms with E-state index in [2.05, 4.69) is 5.32 Å². The number of rotatable bonds is 6. The van der Waals surface area contributed by atoms with E-state index in [1.54, 1.807) is 0 Å². The molecule has 10 heteroatoms. The van der Waals surface area contributed by atoms with Gasteiger partial charge in [0, 0.05) is 0 Å². The van der Waals surface area contributed by atoms with E-state index in [9.17, 15) is 22.4 Å². The zero-order chi connectivity index (χ0) is 19.6. The molecule has 2 N–H and O–H groups in total. The van der Waals surface area contributed by atoms with Crippen molar-refractivity contribution in [1.82, 2.24) is 14.5 Å². The zero-order valence-electron chi connectivity index (χ0n) is 15.2. The summed E-state index contributed by atoms with van der Waals surface area (Å²) in [7, 11) is -3.75. The first-order valence-electron chi connectivity index (χ1n) is 9.04. The predicted octanol–water partition coefficient (Wildman–Crippen LogP) is -0.607. The summed E-state index contributed by atoms with van der Waals surface area (Å²) in [6, 6.07) is 4.10. The van der Waals surface area contributed by atoms with E-state index in [0.29, 0.717) is 19.5 Å². The Bertz CT molecular complexity index is 824. The van der Waals surface area contributed by atoms with Gasteiger partial charge in [-0.2, -0.15) is 4.31 Å². The van der Waals surface area contributed by atoms with Crippen molar-refractivity contribution >= 4 is 22.0 Å². The monoisotopic (exact) mass is 399 g/mol. The molecule has 2 aliphatic rings. The highest BCUT2D eigenvalue weighted by atomic mass is 32.2. The Morgan fingerprint density at radius 3 is 2.59 bits per heavy atom. The molecule has 0 aliphatic carbocycles. The average molecular weight is 399 g/mol. The van der Waals surface area contributed by atoms with Gasteiger partial charge in [-0.3, -0.25) is 4.79 Å². The molecule has 1 aromatic rings. The molecule has 0 aromatic heterocycles. The Labute approximate surface area is 158 Å². The van der Waals surface area contributed by atoms with Gasteiger partial charge in [0.25, 0.3) is 5.91 Å². The summed E-state index contributed by atoms with van der Waals surface area (Å²) in [5.41, 5.74) is 0. The molecule has 27 heavy (non-hydrogen) atoms. The van der Waals surface area contributed by atoms with Gasteiger partial charge < -0.3 is 10.2 Å². The van der Waals surface area contributed by atoms with Crippen LogP contribution < -0.4 is 10.2 Å². The molecule has 0 bridgehead atoms. The lowest BCUT2D eigenvalue weighted by atomic mass is 10.2. The number of nitrogens with one attached hydrogen (secondary N) is 2. The first-order chi connectivity index (χ1) is 12.8. The molecule has 1 atom stereocenters. The molecule has 0 saturated carbocycles. The Kier molecular flexibility index (Phi) is 5.78. The fourth-order valence-corrected chi connectivity index (χ4v) is 4.89. The largest absolute Gasteiger partial charge is 0.329 e. The van der Waals surface area contributed by atoms with Gasteiger partial charge in [-0.15, -0.1) is 0 Å². The molecule has 2 fully saturated rings. The summed E-state index contributed by atoms with van der Waals surface area (Å²) < 4.78 is 39.9. The van der Waals surface area contributed by atoms with E-state index in [1.807, 2.05) is 6.92 Å². The predicted molar refractivity (Wildman–Crippen MR) is 94.8 cm³/mol. The topological polar surface area (TPSA) is 91.2 Å². The Balaban J connectivity index is 1.59. The summed E-state index contributed by atoms with van der Waals surface area (Å²) >= 11 is 0. The van der Waals surface area contributed by atoms with Crippen LogP contribution in [0.2, 0.25) is 0 Å². The third kappa shape index (κ3) is 4.12. The van der Waals surface area contributed by atoms with E-state index in [4.69, 9.17) is 0 Å². The molecule has 148 valence electrons. The molecule has 0 radical (unpaired) electrons. The van der Waals surface area contributed by atoms with Gasteiger partial charge in [0.2, 0.25) is 10.0 Å². The van der Waals surface area contributed by atoms with Crippen LogP contribution in [0.4, 0.5) is 9.18 Å². The number of urea groups is 1. The Morgan fingerprint density at radius 1 is 1.26 bits per heavy atom. The summed E-state index contributed by atoms with van der Waals surface area (Å²) in [5.74, 6) is -0.815. The number of hydrogen-bond acceptors (Lipinski definition) is 4. The standard InChI is InChI=1S/C17H23FN4O4S/c1-2-4-15-16(23)22(17(24)19-15)12-20-7-9-21(10-8-20)27(25,26)14-6-3-5-13(18)11-14/h3,5-6,11,15H,2,4,7-10,12H2,1H3,(H,19,24)/p+1/t15-/m1/s1. The number of imide groups is 1. The van der Waals surface area contributed by atoms with Crippen molar-refractivity contribution in [2.75, 3.05) is 32.8 Å². The molecular formula is C17H24FN4O4S+. The van der Waals surface area contributed by atoms with Crippen LogP contribution in [0.15, 0.2) is 29.2 Å². The first kappa shape index (κ1) is 19.7. The number of halogens is 1. The SMILES string of the molecule is CCC[C@H]1NC(=O)N(C[NH+]2CCN(S(=O)(=O)c3cccc(F)c3)CC2)C1=O. The van der Waals surface area contributed by atoms with E-state index in [1.165, 1.54) is 27.4 Å². The molecule has 2 heterocycles. The van der Waals surface area contributed by atoms with Crippen LogP contribution in [0, 0.1) is 5.82 Å². The van der Waals surface area contributed by atoms with Gasteiger partial charge >= 0.3 is 6.03 Å². The number of benzene rings is 1. The highest BCUT2D eigenvalue weighted by molar-refractivity contribution is 7.89. The molecule has 0 spiro atoms. The Hall–Kier alpha value is -2.04. The van der Waals surface area contributed by atoms with Crippen molar-refractivity contribution in [2.24, 2.45) is 0 Å². The van der Waals surface area contributed by atoms with Crippen LogP contribution in [0.1, 0.15) is 19.8 Å². The van der Waals surface area contributed by atoms with Crippen LogP contribution in [-0.4, -0.2) is 68.5 Å². The van der Waals surface area contributed by atoms with Gasteiger partial charge in [0.1, 0.15) is 11.9 Å². The number of quaternary nitrogens is 1. The molecule has 3 rings (SSSR count). The molecule has 2 aliphatic heterocycles. The van der Waals surface area contributed by atoms with E-state index < -0.39 is 21.9 Å². The van der Waals surface area contributed by atoms with Gasteiger partial charge in [0.15, 0.2) is 6.67 Å². The minimum atomic E-state index is -3.75. The lowest BCUT2D eigenvalue weighted by molar-refractivity contribution is -0.910. The summed E-state index contributed by atoms with van der Waals surface area (Å²) in [6.45, 7) is 3.59. The summed E-state index contributed by atoms with van der Waals surface area (Å²) in [6.07, 6.45) is 1.41. The maximum absolute atomic E-state index is 13.4. The van der Waals surface area contributed by atoms with Crippen LogP contribution >= 0.6 is 0 Å². The van der Waals surface area contributed by atoms with Gasteiger partial charge in [-0.25, -0.2) is 22.5 Å². The van der Waals surface area contributed by atoms with Crippen LogP contribution in [-0.2, 0) is 14.8 Å². The van der Waals surface area contributed by atoms with Crippen LogP contribution in [0.3, 0.4) is 0 Å². The highest BCUT2D eigenvalue weighted by Gasteiger charge is 2.40. The second-order valence-electron chi connectivity index (χ2n) is 6.83. The number of hydrogen-bond donors (Lipinski definition) is 2. The minimum Gasteiger partial charge on any atom is -0.326 e. The molecular weight excluding hydrogens is 375 g/mol. The third-order valence-electron chi connectivity index (χ3n) is 4.93. The quantitative estimate of drug-likeness (QED) is 0.625. The number of sulfonamides is 1. The van der Waals surface area contributed by atoms with Crippen molar-refractivity contribution in [3.63, 3.8) is 0 Å². The molecule has 3 amide bonds. The molecule has 2 saturated heterocycles. The van der Waals surface area contributed by atoms with Crippen LogP contribution in [0.5, 0.6) is 0 Å². The second kappa shape index (κ2) is 7.91. The lowest BCUT2D eigenvalue weighted by Crippen LogP contribution is -3.16. The molecule has 0 unspecified atom stereocenters. The summed E-state index contributed by atoms with van der Waals surface area (Å²) in [5, 5.41) is 2.69. The van der Waals surface area contributed by atoms with Crippen molar-refractivity contribution in [2.45, 2.75) is 30.7 Å². The van der Waals surface area contributed by atoms with E-state index in [-0.39, 0.29) is 36.6 Å². The van der Waals surface area contributed by atoms with Gasteiger partial charge in [-0.05, 0) is 24.6 Å². The number of carbonyl (C=O) groups is 2. The van der Waals surface area contributed by atoms with Crippen LogP contribution in [0.25, 0.3) is 0 Å². The minimum absolute atomic E-state index is 0.0672. The Morgan fingerprint density at radius 2 is 1.96 bits per heavy atom. The zero-order valence-corrected chi connectivity index (χ0v) is 16.0. The number of piperazine rings is 1. The van der Waals surface area contributed by atoms with E-state index >= 15 is 0 Å². The number of amides is 3. The normalized spacial score (nSPS) is 22.3. The maximum atomic E-state index is 13.4. The second-order valence-corrected chi connectivity index (χ2v) is 8.76. The van der Waals surface area contributed by atoms with Gasteiger partial charge in [0.05, 0.1) is 31.1 Å². The van der Waals surface area contributed by atoms with Crippen molar-refractivity contribution in [3.05, 3.63) is 30.1 Å². The number of carbonyl (C=O) groups excluding carboxylic acids is 2. The third-order valence-corrected chi connectivity index (χ3v) is 6.82. The van der Waals surface area contributed by atoms with Crippen molar-refractivity contribution in [1.29, 1.82) is 0 Å². The molecule has 8 nitrogen and oxygen atoms in total.